The quantitative estimate of drug-likeness (QED) is 0.607. The molecule has 0 saturated heterocycles. The van der Waals surface area contributed by atoms with E-state index in [1.54, 1.807) is 10.6 Å². The highest BCUT2D eigenvalue weighted by Crippen LogP contribution is 2.30. The minimum Gasteiger partial charge on any atom is -0.494 e. The van der Waals surface area contributed by atoms with E-state index in [-0.39, 0.29) is 5.56 Å². The first kappa shape index (κ1) is 16.1. The van der Waals surface area contributed by atoms with Crippen molar-refractivity contribution in [2.24, 2.45) is 0 Å². The van der Waals surface area contributed by atoms with Gasteiger partial charge in [0.2, 0.25) is 0 Å². The summed E-state index contributed by atoms with van der Waals surface area (Å²) < 4.78 is 7.32. The zero-order valence-electron chi connectivity index (χ0n) is 14.7. The minimum absolute atomic E-state index is 0.150. The summed E-state index contributed by atoms with van der Waals surface area (Å²) in [6.45, 7) is 4.54. The average Bonchev–Trinajstić information content (AvgIpc) is 2.98. The maximum Gasteiger partial charge on any atom is 0.251 e. The lowest BCUT2D eigenvalue weighted by Gasteiger charge is -2.06. The number of H-pyrrole nitrogens is 1. The lowest BCUT2D eigenvalue weighted by Crippen LogP contribution is -2.09. The lowest BCUT2D eigenvalue weighted by molar-refractivity contribution is 0.340. The van der Waals surface area contributed by atoms with Crippen LogP contribution in [0.25, 0.3) is 28.0 Å². The molecule has 0 aliphatic carbocycles. The Morgan fingerprint density at radius 1 is 1.04 bits per heavy atom. The van der Waals surface area contributed by atoms with Gasteiger partial charge in [-0.25, -0.2) is 4.52 Å². The van der Waals surface area contributed by atoms with Crippen molar-refractivity contribution >= 4 is 5.65 Å². The maximum atomic E-state index is 12.3. The molecule has 0 unspecified atom stereocenters. The summed E-state index contributed by atoms with van der Waals surface area (Å²) in [6, 6.07) is 19.2. The van der Waals surface area contributed by atoms with E-state index in [1.807, 2.05) is 68.4 Å². The van der Waals surface area contributed by atoms with Crippen molar-refractivity contribution < 1.29 is 4.74 Å². The summed E-state index contributed by atoms with van der Waals surface area (Å²) in [5.41, 5.74) is 5.02. The number of nitrogens with one attached hydrogen (secondary N) is 1. The van der Waals surface area contributed by atoms with E-state index in [1.165, 1.54) is 0 Å². The molecule has 0 spiro atoms. The summed E-state index contributed by atoms with van der Waals surface area (Å²) in [6.07, 6.45) is 0. The van der Waals surface area contributed by atoms with Crippen LogP contribution >= 0.6 is 0 Å². The molecule has 0 aliphatic rings. The van der Waals surface area contributed by atoms with Gasteiger partial charge < -0.3 is 9.72 Å². The molecule has 0 fully saturated rings. The number of ether oxygens (including phenoxy) is 1. The van der Waals surface area contributed by atoms with E-state index in [2.05, 4.69) is 10.1 Å². The molecule has 130 valence electrons. The van der Waals surface area contributed by atoms with Crippen LogP contribution in [0.15, 0.2) is 65.5 Å². The molecule has 0 atom stereocenters. The maximum absolute atomic E-state index is 12.3. The fourth-order valence-electron chi connectivity index (χ4n) is 3.20. The van der Waals surface area contributed by atoms with Gasteiger partial charge in [-0.1, -0.05) is 42.5 Å². The van der Waals surface area contributed by atoms with E-state index in [0.29, 0.717) is 12.3 Å². The molecule has 4 aromatic rings. The molecule has 0 radical (unpaired) electrons. The van der Waals surface area contributed by atoms with E-state index in [4.69, 9.17) is 4.74 Å². The van der Waals surface area contributed by atoms with Gasteiger partial charge in [0.05, 0.1) is 18.0 Å². The highest BCUT2D eigenvalue weighted by Gasteiger charge is 2.16. The van der Waals surface area contributed by atoms with Crippen molar-refractivity contribution in [3.05, 3.63) is 76.7 Å². The molecular weight excluding hydrogens is 326 g/mol. The standard InChI is InChI=1S/C21H19N3O2/c1-3-26-17-11-9-16(10-12-17)20-14(2)23-24-18(13-19(25)22-21(20)24)15-7-5-4-6-8-15/h4-13H,3H2,1-2H3,(H,22,25). The second kappa shape index (κ2) is 6.52. The Labute approximate surface area is 150 Å². The van der Waals surface area contributed by atoms with Gasteiger partial charge in [-0.2, -0.15) is 5.10 Å². The summed E-state index contributed by atoms with van der Waals surface area (Å²) in [4.78, 5) is 15.2. The molecule has 26 heavy (non-hydrogen) atoms. The third kappa shape index (κ3) is 2.77. The zero-order valence-corrected chi connectivity index (χ0v) is 14.7. The predicted octanol–water partition coefficient (Wildman–Crippen LogP) is 4.06. The number of fused-ring (bicyclic) bond motifs is 1. The van der Waals surface area contributed by atoms with Gasteiger partial charge in [0.1, 0.15) is 11.4 Å². The third-order valence-electron chi connectivity index (χ3n) is 4.32. The first-order chi connectivity index (χ1) is 12.7. The molecular formula is C21H19N3O2. The molecule has 0 amide bonds. The first-order valence-electron chi connectivity index (χ1n) is 8.58. The highest BCUT2D eigenvalue weighted by atomic mass is 16.5. The minimum atomic E-state index is -0.150. The van der Waals surface area contributed by atoms with E-state index in [9.17, 15) is 4.79 Å². The van der Waals surface area contributed by atoms with E-state index >= 15 is 0 Å². The van der Waals surface area contributed by atoms with Crippen molar-refractivity contribution in [3.8, 4) is 28.1 Å². The van der Waals surface area contributed by atoms with Crippen LogP contribution in [0.5, 0.6) is 5.75 Å². The lowest BCUT2D eigenvalue weighted by atomic mass is 10.1. The smallest absolute Gasteiger partial charge is 0.251 e. The molecule has 1 N–H and O–H groups in total. The van der Waals surface area contributed by atoms with Gasteiger partial charge >= 0.3 is 0 Å². The largest absolute Gasteiger partial charge is 0.494 e. The second-order valence-corrected chi connectivity index (χ2v) is 6.06. The van der Waals surface area contributed by atoms with Crippen LogP contribution in [-0.4, -0.2) is 21.2 Å². The Morgan fingerprint density at radius 2 is 1.77 bits per heavy atom. The molecule has 0 aliphatic heterocycles. The Bertz CT molecular complexity index is 1110. The Kier molecular flexibility index (Phi) is 4.05. The fourth-order valence-corrected chi connectivity index (χ4v) is 3.20. The normalized spacial score (nSPS) is 11.0. The number of hydrogen-bond acceptors (Lipinski definition) is 3. The second-order valence-electron chi connectivity index (χ2n) is 6.06. The van der Waals surface area contributed by atoms with Crippen LogP contribution in [0.3, 0.4) is 0 Å². The number of benzene rings is 2. The summed E-state index contributed by atoms with van der Waals surface area (Å²) in [5.74, 6) is 0.823. The molecule has 0 saturated carbocycles. The molecule has 0 bridgehead atoms. The number of aromatic amines is 1. The molecule has 5 heteroatoms. The third-order valence-corrected chi connectivity index (χ3v) is 4.32. The van der Waals surface area contributed by atoms with Gasteiger partial charge in [-0.05, 0) is 31.5 Å². The van der Waals surface area contributed by atoms with Crippen LogP contribution in [0.4, 0.5) is 0 Å². The summed E-state index contributed by atoms with van der Waals surface area (Å²) in [5, 5.41) is 4.68. The first-order valence-corrected chi connectivity index (χ1v) is 8.58. The van der Waals surface area contributed by atoms with Crippen LogP contribution in [-0.2, 0) is 0 Å². The molecule has 2 aromatic carbocycles. The van der Waals surface area contributed by atoms with Crippen LogP contribution < -0.4 is 10.3 Å². The molecule has 2 heterocycles. The van der Waals surface area contributed by atoms with Gasteiger partial charge in [0.15, 0.2) is 0 Å². The number of hydrogen-bond donors (Lipinski definition) is 1. The monoisotopic (exact) mass is 345 g/mol. The Hall–Kier alpha value is -3.34. The fraction of sp³-hybridized carbons (Fsp3) is 0.143. The zero-order chi connectivity index (χ0) is 18.1. The van der Waals surface area contributed by atoms with Crippen LogP contribution in [0.1, 0.15) is 12.6 Å². The van der Waals surface area contributed by atoms with E-state index < -0.39 is 0 Å². The van der Waals surface area contributed by atoms with E-state index in [0.717, 1.165) is 33.8 Å². The summed E-state index contributed by atoms with van der Waals surface area (Å²) >= 11 is 0. The number of aryl methyl sites for hydroxylation is 1. The van der Waals surface area contributed by atoms with Gasteiger partial charge in [-0.3, -0.25) is 4.79 Å². The van der Waals surface area contributed by atoms with Crippen LogP contribution in [0.2, 0.25) is 0 Å². The number of nitrogens with zero attached hydrogens (tertiary/aromatic N) is 2. The SMILES string of the molecule is CCOc1ccc(-c2c(C)nn3c(-c4ccccc4)cc(=O)[nH]c23)cc1. The Morgan fingerprint density at radius 3 is 2.46 bits per heavy atom. The van der Waals surface area contributed by atoms with Crippen molar-refractivity contribution in [1.82, 2.24) is 14.6 Å². The molecule has 5 nitrogen and oxygen atoms in total. The topological polar surface area (TPSA) is 59.4 Å². The Balaban J connectivity index is 1.93. The predicted molar refractivity (Wildman–Crippen MR) is 103 cm³/mol. The highest BCUT2D eigenvalue weighted by molar-refractivity contribution is 5.81. The van der Waals surface area contributed by atoms with Crippen molar-refractivity contribution in [3.63, 3.8) is 0 Å². The van der Waals surface area contributed by atoms with Gasteiger partial charge in [0, 0.05) is 17.2 Å². The number of aromatic nitrogens is 3. The molecule has 4 rings (SSSR count). The number of rotatable bonds is 4. The average molecular weight is 345 g/mol. The van der Waals surface area contributed by atoms with Gasteiger partial charge in [-0.15, -0.1) is 0 Å². The molecule has 2 aromatic heterocycles. The van der Waals surface area contributed by atoms with Crippen molar-refractivity contribution in [2.45, 2.75) is 13.8 Å². The summed E-state index contributed by atoms with van der Waals surface area (Å²) in [7, 11) is 0. The van der Waals surface area contributed by atoms with Gasteiger partial charge in [0.25, 0.3) is 5.56 Å². The van der Waals surface area contributed by atoms with Crippen molar-refractivity contribution in [2.75, 3.05) is 6.61 Å². The van der Waals surface area contributed by atoms with Crippen molar-refractivity contribution in [1.29, 1.82) is 0 Å². The van der Waals surface area contributed by atoms with Crippen LogP contribution in [0, 0.1) is 6.92 Å².